The molecule has 1 aromatic carbocycles. The van der Waals surface area contributed by atoms with E-state index in [2.05, 4.69) is 34.5 Å². The van der Waals surface area contributed by atoms with Crippen LogP contribution in [-0.4, -0.2) is 36.5 Å². The zero-order valence-corrected chi connectivity index (χ0v) is 9.98. The zero-order chi connectivity index (χ0) is 11.7. The summed E-state index contributed by atoms with van der Waals surface area (Å²) in [7, 11) is 0. The summed E-state index contributed by atoms with van der Waals surface area (Å²) in [5, 5.41) is 3.13. The van der Waals surface area contributed by atoms with E-state index in [4.69, 9.17) is 0 Å². The van der Waals surface area contributed by atoms with Crippen molar-refractivity contribution in [2.75, 3.05) is 19.6 Å². The lowest BCUT2D eigenvalue weighted by Gasteiger charge is -2.37. The summed E-state index contributed by atoms with van der Waals surface area (Å²) in [5.74, 6) is 0.264. The third-order valence-corrected chi connectivity index (χ3v) is 3.89. The maximum atomic E-state index is 11.9. The molecule has 1 saturated heterocycles. The molecule has 1 amide bonds. The molecule has 0 spiro atoms. The highest BCUT2D eigenvalue weighted by Gasteiger charge is 2.28. The van der Waals surface area contributed by atoms with Crippen LogP contribution in [0.2, 0.25) is 0 Å². The number of carbonyl (C=O) groups is 1. The Hall–Kier alpha value is -1.35. The van der Waals surface area contributed by atoms with Gasteiger partial charge in [-0.3, -0.25) is 4.79 Å². The first-order chi connectivity index (χ1) is 8.34. The van der Waals surface area contributed by atoms with E-state index in [0.717, 1.165) is 32.4 Å². The Balaban J connectivity index is 1.77. The number of benzene rings is 1. The van der Waals surface area contributed by atoms with Gasteiger partial charge in [-0.1, -0.05) is 24.3 Å². The molecule has 0 saturated carbocycles. The Morgan fingerprint density at radius 3 is 2.88 bits per heavy atom. The van der Waals surface area contributed by atoms with Crippen LogP contribution in [0, 0.1) is 0 Å². The molecule has 3 nitrogen and oxygen atoms in total. The quantitative estimate of drug-likeness (QED) is 0.780. The predicted molar refractivity (Wildman–Crippen MR) is 66.8 cm³/mol. The first kappa shape index (κ1) is 10.8. The summed E-state index contributed by atoms with van der Waals surface area (Å²) in [6, 6.07) is 9.04. The number of aryl methyl sites for hydroxylation is 1. The number of fused-ring (bicyclic) bond motifs is 1. The molecule has 1 fully saturated rings. The third kappa shape index (κ3) is 2.07. The van der Waals surface area contributed by atoms with Crippen LogP contribution in [0.15, 0.2) is 24.3 Å². The fourth-order valence-corrected chi connectivity index (χ4v) is 2.95. The van der Waals surface area contributed by atoms with Crippen LogP contribution in [0.25, 0.3) is 0 Å². The molecule has 0 aromatic heterocycles. The molecule has 1 heterocycles. The molecule has 1 aliphatic carbocycles. The fourth-order valence-electron chi connectivity index (χ4n) is 2.95. The van der Waals surface area contributed by atoms with Gasteiger partial charge in [0.15, 0.2) is 0 Å². The van der Waals surface area contributed by atoms with Gasteiger partial charge in [0, 0.05) is 19.1 Å². The van der Waals surface area contributed by atoms with Gasteiger partial charge in [-0.25, -0.2) is 0 Å². The molecule has 0 bridgehead atoms. The topological polar surface area (TPSA) is 32.3 Å². The van der Waals surface area contributed by atoms with Crippen molar-refractivity contribution in [2.24, 2.45) is 0 Å². The molecule has 3 heteroatoms. The maximum Gasteiger partial charge on any atom is 0.236 e. The molecule has 1 aliphatic heterocycles. The highest BCUT2D eigenvalue weighted by atomic mass is 16.2. The predicted octanol–water partition coefficient (Wildman–Crippen LogP) is 0.976. The van der Waals surface area contributed by atoms with Gasteiger partial charge in [-0.05, 0) is 30.4 Å². The minimum absolute atomic E-state index is 0.264. The molecule has 1 unspecified atom stereocenters. The second-order valence-corrected chi connectivity index (χ2v) is 4.93. The molecule has 0 radical (unpaired) electrons. The first-order valence-electron chi connectivity index (χ1n) is 6.41. The minimum Gasteiger partial charge on any atom is -0.337 e. The van der Waals surface area contributed by atoms with E-state index >= 15 is 0 Å². The van der Waals surface area contributed by atoms with Crippen molar-refractivity contribution in [3.8, 4) is 0 Å². The molecular weight excluding hydrogens is 212 g/mol. The molecular formula is C14H18N2O. The normalized spacial score (nSPS) is 24.6. The van der Waals surface area contributed by atoms with E-state index in [9.17, 15) is 4.79 Å². The maximum absolute atomic E-state index is 11.9. The Kier molecular flexibility index (Phi) is 2.85. The first-order valence-corrected chi connectivity index (χ1v) is 6.41. The second kappa shape index (κ2) is 4.49. The van der Waals surface area contributed by atoms with Crippen LogP contribution in [0.3, 0.4) is 0 Å². The van der Waals surface area contributed by atoms with Crippen LogP contribution >= 0.6 is 0 Å². The highest BCUT2D eigenvalue weighted by molar-refractivity contribution is 5.79. The van der Waals surface area contributed by atoms with Crippen molar-refractivity contribution in [3.05, 3.63) is 35.4 Å². The molecule has 3 rings (SSSR count). The number of rotatable bonds is 1. The van der Waals surface area contributed by atoms with Crippen molar-refractivity contribution < 1.29 is 4.79 Å². The summed E-state index contributed by atoms with van der Waals surface area (Å²) in [6.07, 6.45) is 3.25. The highest BCUT2D eigenvalue weighted by Crippen LogP contribution is 2.24. The summed E-state index contributed by atoms with van der Waals surface area (Å²) in [5.41, 5.74) is 2.89. The summed E-state index contributed by atoms with van der Waals surface area (Å²) >= 11 is 0. The van der Waals surface area contributed by atoms with Crippen molar-refractivity contribution in [1.82, 2.24) is 10.2 Å². The monoisotopic (exact) mass is 230 g/mol. The number of piperazine rings is 1. The number of nitrogens with zero attached hydrogens (tertiary/aromatic N) is 1. The summed E-state index contributed by atoms with van der Waals surface area (Å²) < 4.78 is 0. The van der Waals surface area contributed by atoms with Gasteiger partial charge in [0.25, 0.3) is 0 Å². The van der Waals surface area contributed by atoms with E-state index in [0.29, 0.717) is 12.6 Å². The smallest absolute Gasteiger partial charge is 0.236 e. The molecule has 17 heavy (non-hydrogen) atoms. The van der Waals surface area contributed by atoms with Gasteiger partial charge in [-0.2, -0.15) is 0 Å². The molecule has 1 aromatic rings. The van der Waals surface area contributed by atoms with Crippen LogP contribution in [0.1, 0.15) is 17.5 Å². The largest absolute Gasteiger partial charge is 0.337 e. The fraction of sp³-hybridized carbons (Fsp3) is 0.500. The lowest BCUT2D eigenvalue weighted by molar-refractivity contribution is -0.134. The van der Waals surface area contributed by atoms with E-state index in [-0.39, 0.29) is 5.91 Å². The van der Waals surface area contributed by atoms with Gasteiger partial charge in [0.05, 0.1) is 6.54 Å². The zero-order valence-electron chi connectivity index (χ0n) is 9.98. The van der Waals surface area contributed by atoms with E-state index in [1.165, 1.54) is 11.1 Å². The SMILES string of the molecule is O=C1CNCCN1C1CCc2ccccc2C1. The van der Waals surface area contributed by atoms with Crippen molar-refractivity contribution in [1.29, 1.82) is 0 Å². The molecule has 90 valence electrons. The van der Waals surface area contributed by atoms with Gasteiger partial charge in [-0.15, -0.1) is 0 Å². The Morgan fingerprint density at radius 2 is 2.06 bits per heavy atom. The van der Waals surface area contributed by atoms with Gasteiger partial charge >= 0.3 is 0 Å². The lowest BCUT2D eigenvalue weighted by atomic mass is 9.87. The van der Waals surface area contributed by atoms with Gasteiger partial charge < -0.3 is 10.2 Å². The van der Waals surface area contributed by atoms with Crippen LogP contribution in [0.5, 0.6) is 0 Å². The minimum atomic E-state index is 0.264. The number of hydrogen-bond donors (Lipinski definition) is 1. The average Bonchev–Trinajstić information content (AvgIpc) is 2.39. The van der Waals surface area contributed by atoms with E-state index < -0.39 is 0 Å². The number of carbonyl (C=O) groups excluding carboxylic acids is 1. The van der Waals surface area contributed by atoms with Crippen LogP contribution in [0.4, 0.5) is 0 Å². The van der Waals surface area contributed by atoms with Crippen LogP contribution in [-0.2, 0) is 17.6 Å². The van der Waals surface area contributed by atoms with Crippen LogP contribution < -0.4 is 5.32 Å². The lowest BCUT2D eigenvalue weighted by Crippen LogP contribution is -2.53. The van der Waals surface area contributed by atoms with E-state index in [1.807, 2.05) is 0 Å². The Morgan fingerprint density at radius 1 is 1.24 bits per heavy atom. The Labute approximate surface area is 102 Å². The van der Waals surface area contributed by atoms with Crippen molar-refractivity contribution >= 4 is 5.91 Å². The summed E-state index contributed by atoms with van der Waals surface area (Å²) in [4.78, 5) is 13.9. The van der Waals surface area contributed by atoms with Crippen molar-refractivity contribution in [2.45, 2.75) is 25.3 Å². The van der Waals surface area contributed by atoms with Gasteiger partial charge in [0.1, 0.15) is 0 Å². The number of hydrogen-bond acceptors (Lipinski definition) is 2. The number of amides is 1. The molecule has 1 N–H and O–H groups in total. The number of nitrogens with one attached hydrogen (secondary N) is 1. The van der Waals surface area contributed by atoms with Crippen molar-refractivity contribution in [3.63, 3.8) is 0 Å². The third-order valence-electron chi connectivity index (χ3n) is 3.89. The summed E-state index contributed by atoms with van der Waals surface area (Å²) in [6.45, 7) is 2.31. The second-order valence-electron chi connectivity index (χ2n) is 4.93. The average molecular weight is 230 g/mol. The standard InChI is InChI=1S/C14H18N2O/c17-14-10-15-7-8-16(14)13-6-5-11-3-1-2-4-12(11)9-13/h1-4,13,15H,5-10H2. The molecule has 2 aliphatic rings. The van der Waals surface area contributed by atoms with Gasteiger partial charge in [0.2, 0.25) is 5.91 Å². The molecule has 1 atom stereocenters. The Bertz CT molecular complexity index is 430. The van der Waals surface area contributed by atoms with E-state index in [1.54, 1.807) is 0 Å².